The van der Waals surface area contributed by atoms with Crippen molar-refractivity contribution in [3.63, 3.8) is 0 Å². The van der Waals surface area contributed by atoms with Gasteiger partial charge in [0.15, 0.2) is 0 Å². The Kier molecular flexibility index (Phi) is 5.38. The van der Waals surface area contributed by atoms with E-state index in [0.717, 1.165) is 5.56 Å². The number of hydrogen-bond donors (Lipinski definition) is 0. The highest BCUT2D eigenvalue weighted by atomic mass is 35.5. The molecule has 0 N–H and O–H groups in total. The van der Waals surface area contributed by atoms with Crippen molar-refractivity contribution in [1.29, 1.82) is 0 Å². The molecule has 0 aliphatic heterocycles. The van der Waals surface area contributed by atoms with Crippen molar-refractivity contribution in [3.8, 4) is 0 Å². The molecule has 0 unspecified atom stereocenters. The summed E-state index contributed by atoms with van der Waals surface area (Å²) in [5.41, 5.74) is 1.07. The van der Waals surface area contributed by atoms with Gasteiger partial charge in [-0.1, -0.05) is 30.7 Å². The molecule has 0 aromatic heterocycles. The molecule has 1 aromatic carbocycles. The Morgan fingerprint density at radius 3 is 1.95 bits per heavy atom. The van der Waals surface area contributed by atoms with Crippen LogP contribution in [0.3, 0.4) is 0 Å². The van der Waals surface area contributed by atoms with Crippen LogP contribution in [-0.4, -0.2) is 44.2 Å². The smallest absolute Gasteiger partial charge is 0.195 e. The molecule has 0 amide bonds. The van der Waals surface area contributed by atoms with Gasteiger partial charge in [-0.05, 0) is 30.5 Å². The number of rotatable bonds is 5. The molecule has 19 heavy (non-hydrogen) atoms. The van der Waals surface area contributed by atoms with Crippen molar-refractivity contribution in [1.82, 2.24) is 8.61 Å². The third kappa shape index (κ3) is 3.69. The zero-order valence-corrected chi connectivity index (χ0v) is 13.5. The lowest BCUT2D eigenvalue weighted by atomic mass is 9.95. The van der Waals surface area contributed by atoms with Crippen LogP contribution in [0.2, 0.25) is 5.02 Å². The quantitative estimate of drug-likeness (QED) is 0.839. The summed E-state index contributed by atoms with van der Waals surface area (Å²) in [5.74, 6) is 0.0805. The zero-order valence-electron chi connectivity index (χ0n) is 12.0. The van der Waals surface area contributed by atoms with Crippen LogP contribution in [0.15, 0.2) is 24.3 Å². The summed E-state index contributed by atoms with van der Waals surface area (Å²) in [6, 6.07) is 7.36. The second-order valence-corrected chi connectivity index (χ2v) is 7.53. The number of halogens is 1. The standard InChI is InChI=1S/C13H21ClN2O2S/c1-10(12-6-8-13(14)9-7-12)11(2)16(5)19(17,18)15(3)4/h6-11H,1-5H3/t10-,11-/m0/s1. The lowest BCUT2D eigenvalue weighted by Crippen LogP contribution is -2.44. The zero-order chi connectivity index (χ0) is 14.8. The van der Waals surface area contributed by atoms with Gasteiger partial charge < -0.3 is 0 Å². The molecule has 0 spiro atoms. The first-order valence-electron chi connectivity index (χ1n) is 6.09. The average Bonchev–Trinajstić information content (AvgIpc) is 2.36. The molecule has 4 nitrogen and oxygen atoms in total. The van der Waals surface area contributed by atoms with E-state index in [4.69, 9.17) is 11.6 Å². The van der Waals surface area contributed by atoms with Crippen molar-refractivity contribution in [2.75, 3.05) is 21.1 Å². The summed E-state index contributed by atoms with van der Waals surface area (Å²) < 4.78 is 26.8. The Morgan fingerprint density at radius 2 is 1.53 bits per heavy atom. The van der Waals surface area contributed by atoms with Gasteiger partial charge in [-0.2, -0.15) is 17.0 Å². The van der Waals surface area contributed by atoms with E-state index in [0.29, 0.717) is 5.02 Å². The predicted molar refractivity (Wildman–Crippen MR) is 79.7 cm³/mol. The summed E-state index contributed by atoms with van der Waals surface area (Å²) in [4.78, 5) is 0. The second kappa shape index (κ2) is 6.22. The fourth-order valence-corrected chi connectivity index (χ4v) is 3.07. The Morgan fingerprint density at radius 1 is 1.05 bits per heavy atom. The van der Waals surface area contributed by atoms with Gasteiger partial charge in [-0.15, -0.1) is 0 Å². The van der Waals surface area contributed by atoms with E-state index in [1.807, 2.05) is 38.1 Å². The molecule has 0 saturated carbocycles. The minimum Gasteiger partial charge on any atom is -0.195 e. The van der Waals surface area contributed by atoms with E-state index < -0.39 is 10.2 Å². The van der Waals surface area contributed by atoms with Crippen LogP contribution in [0.4, 0.5) is 0 Å². The fourth-order valence-electron chi connectivity index (χ4n) is 1.83. The Labute approximate surface area is 121 Å². The maximum Gasteiger partial charge on any atom is 0.281 e. The molecule has 0 aliphatic carbocycles. The van der Waals surface area contributed by atoms with E-state index in [2.05, 4.69) is 0 Å². The third-order valence-electron chi connectivity index (χ3n) is 3.52. The molecular weight excluding hydrogens is 284 g/mol. The van der Waals surface area contributed by atoms with E-state index in [1.165, 1.54) is 22.7 Å². The maximum absolute atomic E-state index is 12.1. The highest BCUT2D eigenvalue weighted by Crippen LogP contribution is 2.25. The number of likely N-dealkylation sites (N-methyl/N-ethyl adjacent to an activating group) is 1. The molecule has 1 aromatic rings. The van der Waals surface area contributed by atoms with Crippen molar-refractivity contribution in [2.45, 2.75) is 25.8 Å². The van der Waals surface area contributed by atoms with Crippen LogP contribution >= 0.6 is 11.6 Å². The van der Waals surface area contributed by atoms with Crippen LogP contribution in [0.5, 0.6) is 0 Å². The van der Waals surface area contributed by atoms with Crippen molar-refractivity contribution in [3.05, 3.63) is 34.9 Å². The van der Waals surface area contributed by atoms with Crippen LogP contribution < -0.4 is 0 Å². The van der Waals surface area contributed by atoms with Gasteiger partial charge in [0.2, 0.25) is 0 Å². The number of hydrogen-bond acceptors (Lipinski definition) is 2. The third-order valence-corrected chi connectivity index (χ3v) is 5.75. The van der Waals surface area contributed by atoms with Crippen LogP contribution in [0.1, 0.15) is 25.3 Å². The molecule has 6 heteroatoms. The Balaban J connectivity index is 2.94. The molecule has 0 radical (unpaired) electrons. The molecule has 2 atom stereocenters. The lowest BCUT2D eigenvalue weighted by Gasteiger charge is -2.31. The molecule has 0 heterocycles. The first kappa shape index (κ1) is 16.4. The summed E-state index contributed by atoms with van der Waals surface area (Å²) in [5, 5.41) is 0.679. The first-order valence-corrected chi connectivity index (χ1v) is 7.86. The van der Waals surface area contributed by atoms with Crippen LogP contribution in [0.25, 0.3) is 0 Å². The Bertz CT molecular complexity index is 514. The Hall–Kier alpha value is -0.620. The SMILES string of the molecule is C[C@H](c1ccc(Cl)cc1)[C@H](C)N(C)S(=O)(=O)N(C)C. The normalized spacial score (nSPS) is 15.8. The monoisotopic (exact) mass is 304 g/mol. The first-order chi connectivity index (χ1) is 8.67. The van der Waals surface area contributed by atoms with E-state index in [9.17, 15) is 8.42 Å². The number of benzene rings is 1. The van der Waals surface area contributed by atoms with Gasteiger partial charge in [0.1, 0.15) is 0 Å². The lowest BCUT2D eigenvalue weighted by molar-refractivity contribution is 0.328. The molecule has 0 saturated heterocycles. The molecular formula is C13H21ClN2O2S. The molecule has 1 rings (SSSR count). The second-order valence-electron chi connectivity index (χ2n) is 4.89. The van der Waals surface area contributed by atoms with Gasteiger partial charge in [0.25, 0.3) is 10.2 Å². The largest absolute Gasteiger partial charge is 0.281 e. The number of nitrogens with zero attached hydrogens (tertiary/aromatic N) is 2. The van der Waals surface area contributed by atoms with E-state index in [-0.39, 0.29) is 12.0 Å². The van der Waals surface area contributed by atoms with Crippen LogP contribution in [0, 0.1) is 0 Å². The topological polar surface area (TPSA) is 40.6 Å². The van der Waals surface area contributed by atoms with Crippen molar-refractivity contribution >= 4 is 21.8 Å². The molecule has 0 fully saturated rings. The summed E-state index contributed by atoms with van der Waals surface area (Å²) in [6.45, 7) is 3.91. The van der Waals surface area contributed by atoms with E-state index >= 15 is 0 Å². The van der Waals surface area contributed by atoms with Crippen molar-refractivity contribution < 1.29 is 8.42 Å². The highest BCUT2D eigenvalue weighted by molar-refractivity contribution is 7.86. The molecule has 0 aliphatic rings. The molecule has 0 bridgehead atoms. The van der Waals surface area contributed by atoms with Gasteiger partial charge in [0.05, 0.1) is 0 Å². The van der Waals surface area contributed by atoms with Gasteiger partial charge in [-0.25, -0.2) is 0 Å². The predicted octanol–water partition coefficient (Wildman–Crippen LogP) is 2.57. The molecule has 108 valence electrons. The van der Waals surface area contributed by atoms with Gasteiger partial charge in [0, 0.05) is 32.2 Å². The minimum atomic E-state index is -3.40. The highest BCUT2D eigenvalue weighted by Gasteiger charge is 2.29. The van der Waals surface area contributed by atoms with E-state index in [1.54, 1.807) is 7.05 Å². The van der Waals surface area contributed by atoms with Gasteiger partial charge >= 0.3 is 0 Å². The summed E-state index contributed by atoms with van der Waals surface area (Å²) in [7, 11) is 1.27. The average molecular weight is 305 g/mol. The van der Waals surface area contributed by atoms with Crippen molar-refractivity contribution in [2.24, 2.45) is 0 Å². The summed E-state index contributed by atoms with van der Waals surface area (Å²) in [6.07, 6.45) is 0. The maximum atomic E-state index is 12.1. The fraction of sp³-hybridized carbons (Fsp3) is 0.538. The van der Waals surface area contributed by atoms with Crippen LogP contribution in [-0.2, 0) is 10.2 Å². The summed E-state index contributed by atoms with van der Waals surface area (Å²) >= 11 is 5.86. The minimum absolute atomic E-state index is 0.0805. The van der Waals surface area contributed by atoms with Gasteiger partial charge in [-0.3, -0.25) is 0 Å².